The monoisotopic (exact) mass is 427 g/mol. The zero-order valence-electron chi connectivity index (χ0n) is 17.5. The van der Waals surface area contributed by atoms with Crippen molar-refractivity contribution in [2.75, 3.05) is 26.4 Å². The first-order valence-corrected chi connectivity index (χ1v) is 11.4. The highest BCUT2D eigenvalue weighted by Crippen LogP contribution is 2.42. The summed E-state index contributed by atoms with van der Waals surface area (Å²) in [5, 5.41) is 0. The first-order chi connectivity index (χ1) is 13.3. The summed E-state index contributed by atoms with van der Waals surface area (Å²) in [6, 6.07) is -0.855. The molecule has 1 unspecified atom stereocenters. The van der Waals surface area contributed by atoms with Gasteiger partial charge in [-0.25, -0.2) is 18.2 Å². The number of hydrogen-bond donors (Lipinski definition) is 1. The molecule has 1 aromatic heterocycles. The van der Waals surface area contributed by atoms with Crippen LogP contribution in [0.5, 0.6) is 0 Å². The van der Waals surface area contributed by atoms with Gasteiger partial charge in [0.05, 0.1) is 18.3 Å². The molecule has 3 heterocycles. The number of likely N-dealkylation sites (tertiary alicyclic amines) is 1. The van der Waals surface area contributed by atoms with Crippen LogP contribution < -0.4 is 0 Å². The summed E-state index contributed by atoms with van der Waals surface area (Å²) in [4.78, 5) is 35.5. The maximum absolute atomic E-state index is 13.0. The fourth-order valence-electron chi connectivity index (χ4n) is 4.21. The van der Waals surface area contributed by atoms with E-state index in [-0.39, 0.29) is 12.3 Å². The number of piperidine rings is 1. The number of rotatable bonds is 3. The lowest BCUT2D eigenvalue weighted by molar-refractivity contribution is -0.131. The molecule has 2 fully saturated rings. The van der Waals surface area contributed by atoms with Crippen LogP contribution in [0.15, 0.2) is 12.5 Å². The fraction of sp³-hybridized carbons (Fsp3) is 0.722. The smallest absolute Gasteiger partial charge is 0.410 e. The minimum atomic E-state index is -3.70. The van der Waals surface area contributed by atoms with Crippen LogP contribution in [0.1, 0.15) is 39.3 Å². The topological polar surface area (TPSA) is 116 Å². The molecular formula is C18H29N5O5S. The molecule has 3 rings (SSSR count). The maximum Gasteiger partial charge on any atom is 0.410 e. The van der Waals surface area contributed by atoms with E-state index in [1.807, 2.05) is 0 Å². The molecule has 1 aromatic rings. The van der Waals surface area contributed by atoms with Crippen molar-refractivity contribution in [1.82, 2.24) is 24.1 Å². The van der Waals surface area contributed by atoms with E-state index in [0.29, 0.717) is 31.6 Å². The highest BCUT2D eigenvalue weighted by atomic mass is 32.2. The number of nitrogens with one attached hydrogen (secondary N) is 1. The number of aromatic nitrogens is 2. The number of sulfonamides is 1. The van der Waals surface area contributed by atoms with Crippen LogP contribution >= 0.6 is 0 Å². The van der Waals surface area contributed by atoms with Crippen molar-refractivity contribution < 1.29 is 22.7 Å². The van der Waals surface area contributed by atoms with Gasteiger partial charge in [0.2, 0.25) is 15.9 Å². The Morgan fingerprint density at radius 2 is 1.97 bits per heavy atom. The average Bonchev–Trinajstić information content (AvgIpc) is 3.16. The lowest BCUT2D eigenvalue weighted by Crippen LogP contribution is -2.61. The number of aromatic amines is 1. The van der Waals surface area contributed by atoms with Crippen molar-refractivity contribution in [3.63, 3.8) is 0 Å². The van der Waals surface area contributed by atoms with Gasteiger partial charge in [-0.05, 0) is 20.8 Å². The van der Waals surface area contributed by atoms with E-state index < -0.39 is 33.4 Å². The number of hydrogen-bond acceptors (Lipinski definition) is 6. The number of carbonyl (C=O) groups excluding carboxylic acids is 2. The van der Waals surface area contributed by atoms with Gasteiger partial charge in [0, 0.05) is 45.6 Å². The number of carbonyl (C=O) groups is 2. The molecule has 2 aliphatic rings. The first-order valence-electron chi connectivity index (χ1n) is 9.58. The standard InChI is InChI=1S/C18H29N5O5S/c1-17(2,3)28-16(25)22-8-6-18(7-9-22)21(4)15(24)14(23(18)29(5,26)27)10-13-11-19-12-20-13/h11-12,14H,6-10H2,1-5H3,(H,19,20). The first kappa shape index (κ1) is 21.6. The van der Waals surface area contributed by atoms with Gasteiger partial charge in [0.25, 0.3) is 0 Å². The number of H-pyrrole nitrogens is 1. The molecule has 2 aliphatic heterocycles. The van der Waals surface area contributed by atoms with Crippen molar-refractivity contribution >= 4 is 22.0 Å². The Bertz CT molecular complexity index is 869. The third-order valence-electron chi connectivity index (χ3n) is 5.46. The number of amides is 2. The van der Waals surface area contributed by atoms with Crippen molar-refractivity contribution in [2.45, 2.75) is 57.3 Å². The van der Waals surface area contributed by atoms with Gasteiger partial charge in [-0.1, -0.05) is 0 Å². The normalized spacial score (nSPS) is 23.1. The molecule has 1 spiro atoms. The van der Waals surface area contributed by atoms with E-state index in [0.717, 1.165) is 6.26 Å². The molecule has 2 amide bonds. The summed E-state index contributed by atoms with van der Waals surface area (Å²) >= 11 is 0. The predicted molar refractivity (Wildman–Crippen MR) is 105 cm³/mol. The molecule has 0 radical (unpaired) electrons. The largest absolute Gasteiger partial charge is 0.444 e. The van der Waals surface area contributed by atoms with Crippen LogP contribution in [-0.2, 0) is 26.0 Å². The second-order valence-electron chi connectivity index (χ2n) is 8.69. The minimum absolute atomic E-state index is 0.192. The van der Waals surface area contributed by atoms with Gasteiger partial charge in [-0.15, -0.1) is 0 Å². The van der Waals surface area contributed by atoms with Crippen LogP contribution in [-0.4, -0.2) is 88.2 Å². The second kappa shape index (κ2) is 7.28. The van der Waals surface area contributed by atoms with Gasteiger partial charge in [-0.3, -0.25) is 4.79 Å². The summed E-state index contributed by atoms with van der Waals surface area (Å²) in [5.41, 5.74) is -0.988. The second-order valence-corrected chi connectivity index (χ2v) is 10.5. The SMILES string of the molecule is CN1C(=O)C(Cc2c[nH]cn2)N(S(C)(=O)=O)C12CCN(C(=O)OC(C)(C)C)CC2. The Labute approximate surface area is 171 Å². The van der Waals surface area contributed by atoms with Crippen LogP contribution in [0.4, 0.5) is 4.79 Å². The van der Waals surface area contributed by atoms with E-state index in [1.165, 1.54) is 15.5 Å². The van der Waals surface area contributed by atoms with Crippen molar-refractivity contribution in [1.29, 1.82) is 0 Å². The van der Waals surface area contributed by atoms with E-state index in [9.17, 15) is 18.0 Å². The Morgan fingerprint density at radius 3 is 2.45 bits per heavy atom. The van der Waals surface area contributed by atoms with Gasteiger partial charge in [-0.2, -0.15) is 4.31 Å². The Morgan fingerprint density at radius 1 is 1.34 bits per heavy atom. The molecule has 1 atom stereocenters. The van der Waals surface area contributed by atoms with Crippen LogP contribution in [0, 0.1) is 0 Å². The molecule has 0 aliphatic carbocycles. The Balaban J connectivity index is 1.85. The lowest BCUT2D eigenvalue weighted by atomic mass is 9.96. The molecular weight excluding hydrogens is 398 g/mol. The number of imidazole rings is 1. The van der Waals surface area contributed by atoms with Gasteiger partial charge < -0.3 is 19.5 Å². The molecule has 29 heavy (non-hydrogen) atoms. The van der Waals surface area contributed by atoms with Gasteiger partial charge in [0.15, 0.2) is 0 Å². The van der Waals surface area contributed by atoms with E-state index in [1.54, 1.807) is 38.9 Å². The quantitative estimate of drug-likeness (QED) is 0.762. The van der Waals surface area contributed by atoms with E-state index in [4.69, 9.17) is 4.74 Å². The number of nitrogens with zero attached hydrogens (tertiary/aromatic N) is 4. The fourth-order valence-corrected chi connectivity index (χ4v) is 5.76. The summed E-state index contributed by atoms with van der Waals surface area (Å²) in [7, 11) is -2.06. The van der Waals surface area contributed by atoms with Crippen LogP contribution in [0.3, 0.4) is 0 Å². The third-order valence-corrected chi connectivity index (χ3v) is 6.77. The molecule has 0 saturated carbocycles. The third kappa shape index (κ3) is 4.11. The van der Waals surface area contributed by atoms with Crippen molar-refractivity contribution in [3.8, 4) is 0 Å². The van der Waals surface area contributed by atoms with Crippen LogP contribution in [0.25, 0.3) is 0 Å². The Hall–Kier alpha value is -2.14. The molecule has 1 N–H and O–H groups in total. The Kier molecular flexibility index (Phi) is 5.41. The molecule has 0 aromatic carbocycles. The van der Waals surface area contributed by atoms with Crippen molar-refractivity contribution in [3.05, 3.63) is 18.2 Å². The molecule has 11 heteroatoms. The molecule has 162 valence electrons. The molecule has 10 nitrogen and oxygen atoms in total. The predicted octanol–water partition coefficient (Wildman–Crippen LogP) is 0.782. The molecule has 0 bridgehead atoms. The molecule has 2 saturated heterocycles. The highest BCUT2D eigenvalue weighted by molar-refractivity contribution is 7.88. The van der Waals surface area contributed by atoms with E-state index in [2.05, 4.69) is 9.97 Å². The van der Waals surface area contributed by atoms with Crippen molar-refractivity contribution in [2.24, 2.45) is 0 Å². The van der Waals surface area contributed by atoms with E-state index >= 15 is 0 Å². The average molecular weight is 428 g/mol. The zero-order valence-corrected chi connectivity index (χ0v) is 18.3. The number of likely N-dealkylation sites (N-methyl/N-ethyl adjacent to an activating group) is 1. The van der Waals surface area contributed by atoms with Gasteiger partial charge >= 0.3 is 6.09 Å². The lowest BCUT2D eigenvalue weighted by Gasteiger charge is -2.47. The summed E-state index contributed by atoms with van der Waals surface area (Å²) in [5.74, 6) is -0.260. The van der Waals surface area contributed by atoms with Gasteiger partial charge in [0.1, 0.15) is 17.3 Å². The summed E-state index contributed by atoms with van der Waals surface area (Å²) < 4.78 is 32.3. The number of ether oxygens (including phenoxy) is 1. The summed E-state index contributed by atoms with van der Waals surface area (Å²) in [6.45, 7) is 5.99. The highest BCUT2D eigenvalue weighted by Gasteiger charge is 2.60. The zero-order chi connectivity index (χ0) is 21.6. The minimum Gasteiger partial charge on any atom is -0.444 e. The summed E-state index contributed by atoms with van der Waals surface area (Å²) in [6.07, 6.45) is 4.67. The maximum atomic E-state index is 13.0. The van der Waals surface area contributed by atoms with Crippen LogP contribution in [0.2, 0.25) is 0 Å².